The predicted molar refractivity (Wildman–Crippen MR) is 60.7 cm³/mol. The van der Waals surface area contributed by atoms with E-state index in [2.05, 4.69) is 0 Å². The van der Waals surface area contributed by atoms with Crippen LogP contribution in [0, 0.1) is 10.1 Å². The molecule has 5 heteroatoms. The van der Waals surface area contributed by atoms with Crippen molar-refractivity contribution in [3.63, 3.8) is 0 Å². The number of benzene rings is 1. The second kappa shape index (κ2) is 3.55. The van der Waals surface area contributed by atoms with Gasteiger partial charge in [0.1, 0.15) is 0 Å². The molecule has 2 fully saturated rings. The first-order chi connectivity index (χ1) is 8.18. The Bertz CT molecular complexity index is 473. The summed E-state index contributed by atoms with van der Waals surface area (Å²) in [7, 11) is 0. The Hall–Kier alpha value is -1.91. The molecule has 1 aliphatic heterocycles. The number of rotatable bonds is 2. The lowest BCUT2D eigenvalue weighted by molar-refractivity contribution is -0.384. The van der Waals surface area contributed by atoms with E-state index in [0.717, 1.165) is 12.8 Å². The van der Waals surface area contributed by atoms with Gasteiger partial charge in [0.2, 0.25) is 0 Å². The smallest absolute Gasteiger partial charge is 0.269 e. The van der Waals surface area contributed by atoms with E-state index in [1.165, 1.54) is 30.7 Å². The van der Waals surface area contributed by atoms with Crippen LogP contribution in [0.1, 0.15) is 29.6 Å². The lowest BCUT2D eigenvalue weighted by Crippen LogP contribution is -2.16. The molecule has 17 heavy (non-hydrogen) atoms. The maximum atomic E-state index is 12.1. The summed E-state index contributed by atoms with van der Waals surface area (Å²) in [6.45, 7) is 0. The zero-order valence-corrected chi connectivity index (χ0v) is 9.20. The van der Waals surface area contributed by atoms with Crippen molar-refractivity contribution in [2.75, 3.05) is 0 Å². The van der Waals surface area contributed by atoms with Crippen LogP contribution in [0.4, 0.5) is 5.69 Å². The Labute approximate surface area is 98.2 Å². The molecule has 0 radical (unpaired) electrons. The molecule has 1 heterocycles. The van der Waals surface area contributed by atoms with Crippen LogP contribution in [0.3, 0.4) is 0 Å². The first-order valence-corrected chi connectivity index (χ1v) is 5.75. The van der Waals surface area contributed by atoms with Crippen molar-refractivity contribution in [3.05, 3.63) is 39.9 Å². The second-order valence-electron chi connectivity index (χ2n) is 4.58. The number of nitro benzene ring substituents is 1. The van der Waals surface area contributed by atoms with Crippen molar-refractivity contribution in [1.82, 2.24) is 4.90 Å². The number of amides is 1. The van der Waals surface area contributed by atoms with Crippen molar-refractivity contribution in [1.29, 1.82) is 0 Å². The zero-order chi connectivity index (χ0) is 12.0. The van der Waals surface area contributed by atoms with Gasteiger partial charge in [0.05, 0.1) is 17.0 Å². The number of non-ortho nitro benzene ring substituents is 1. The minimum absolute atomic E-state index is 0.00889. The molecular formula is C12H12N2O3. The first kappa shape index (κ1) is 10.3. The number of likely N-dealkylation sites (tertiary alicyclic amines) is 1. The lowest BCUT2D eigenvalue weighted by atomic mass is 10.2. The Morgan fingerprint density at radius 1 is 1.24 bits per heavy atom. The first-order valence-electron chi connectivity index (χ1n) is 5.75. The number of nitrogens with zero attached hydrogens (tertiary/aromatic N) is 2. The maximum absolute atomic E-state index is 12.1. The minimum atomic E-state index is -0.458. The monoisotopic (exact) mass is 232 g/mol. The van der Waals surface area contributed by atoms with E-state index in [0.29, 0.717) is 17.6 Å². The molecule has 0 N–H and O–H groups in total. The van der Waals surface area contributed by atoms with Crippen LogP contribution >= 0.6 is 0 Å². The van der Waals surface area contributed by atoms with E-state index in [1.807, 2.05) is 4.90 Å². The summed E-state index contributed by atoms with van der Waals surface area (Å²) in [6.07, 6.45) is 3.41. The molecule has 2 unspecified atom stereocenters. The van der Waals surface area contributed by atoms with Crippen molar-refractivity contribution >= 4 is 11.6 Å². The molecule has 1 aromatic carbocycles. The van der Waals surface area contributed by atoms with Gasteiger partial charge in [-0.1, -0.05) is 0 Å². The lowest BCUT2D eigenvalue weighted by Gasteiger charge is -2.07. The highest BCUT2D eigenvalue weighted by molar-refractivity contribution is 5.96. The molecule has 1 aromatic rings. The minimum Gasteiger partial charge on any atom is -0.329 e. The quantitative estimate of drug-likeness (QED) is 0.445. The van der Waals surface area contributed by atoms with Crippen molar-refractivity contribution in [2.45, 2.75) is 31.3 Å². The molecule has 1 saturated carbocycles. The van der Waals surface area contributed by atoms with Crippen LogP contribution < -0.4 is 0 Å². The molecular weight excluding hydrogens is 220 g/mol. The van der Waals surface area contributed by atoms with Gasteiger partial charge in [-0.2, -0.15) is 0 Å². The predicted octanol–water partition coefficient (Wildman–Crippen LogP) is 1.97. The van der Waals surface area contributed by atoms with Gasteiger partial charge in [-0.15, -0.1) is 0 Å². The fraction of sp³-hybridized carbons (Fsp3) is 0.417. The van der Waals surface area contributed by atoms with Crippen molar-refractivity contribution in [2.24, 2.45) is 0 Å². The summed E-state index contributed by atoms with van der Waals surface area (Å²) < 4.78 is 0. The molecule has 2 aliphatic rings. The number of fused-ring (bicyclic) bond motifs is 1. The van der Waals surface area contributed by atoms with Gasteiger partial charge in [-0.05, 0) is 31.4 Å². The number of carbonyl (C=O) groups excluding carboxylic acids is 1. The van der Waals surface area contributed by atoms with Gasteiger partial charge in [-0.25, -0.2) is 0 Å². The van der Waals surface area contributed by atoms with Gasteiger partial charge >= 0.3 is 0 Å². The van der Waals surface area contributed by atoms with E-state index in [4.69, 9.17) is 0 Å². The highest BCUT2D eigenvalue weighted by Crippen LogP contribution is 2.43. The fourth-order valence-electron chi connectivity index (χ4n) is 2.71. The third-order valence-electron chi connectivity index (χ3n) is 3.63. The third-order valence-corrected chi connectivity index (χ3v) is 3.63. The average molecular weight is 232 g/mol. The molecule has 1 aliphatic carbocycles. The molecule has 0 spiro atoms. The molecule has 3 rings (SSSR count). The Morgan fingerprint density at radius 3 is 2.35 bits per heavy atom. The van der Waals surface area contributed by atoms with Gasteiger partial charge in [0, 0.05) is 17.7 Å². The van der Waals surface area contributed by atoms with Crippen LogP contribution in [0.2, 0.25) is 0 Å². The topological polar surface area (TPSA) is 63.2 Å². The molecule has 1 amide bonds. The van der Waals surface area contributed by atoms with Crippen LogP contribution in [0.15, 0.2) is 24.3 Å². The number of carbonyl (C=O) groups is 1. The second-order valence-corrected chi connectivity index (χ2v) is 4.58. The molecule has 5 nitrogen and oxygen atoms in total. The Balaban J connectivity index is 1.76. The summed E-state index contributed by atoms with van der Waals surface area (Å²) in [5, 5.41) is 10.5. The highest BCUT2D eigenvalue weighted by atomic mass is 16.6. The Morgan fingerprint density at radius 2 is 1.82 bits per heavy atom. The molecule has 1 saturated heterocycles. The maximum Gasteiger partial charge on any atom is 0.269 e. The highest BCUT2D eigenvalue weighted by Gasteiger charge is 2.53. The van der Waals surface area contributed by atoms with Crippen LogP contribution in [0.5, 0.6) is 0 Å². The zero-order valence-electron chi connectivity index (χ0n) is 9.20. The van der Waals surface area contributed by atoms with Gasteiger partial charge in [0.15, 0.2) is 0 Å². The molecule has 0 aromatic heterocycles. The van der Waals surface area contributed by atoms with Gasteiger partial charge in [0.25, 0.3) is 11.6 Å². The molecule has 2 atom stereocenters. The van der Waals surface area contributed by atoms with Crippen molar-refractivity contribution in [3.8, 4) is 0 Å². The number of piperidine rings is 1. The number of hydrogen-bond donors (Lipinski definition) is 0. The summed E-state index contributed by atoms with van der Waals surface area (Å²) in [5.41, 5.74) is 0.567. The largest absolute Gasteiger partial charge is 0.329 e. The number of nitro groups is 1. The van der Waals surface area contributed by atoms with E-state index in [9.17, 15) is 14.9 Å². The van der Waals surface area contributed by atoms with Gasteiger partial charge < -0.3 is 4.90 Å². The Kier molecular flexibility index (Phi) is 2.14. The summed E-state index contributed by atoms with van der Waals surface area (Å²) >= 11 is 0. The summed E-state index contributed by atoms with van der Waals surface area (Å²) in [6, 6.07) is 6.69. The summed E-state index contributed by atoms with van der Waals surface area (Å²) in [5.74, 6) is 0.00889. The normalized spacial score (nSPS) is 25.5. The SMILES string of the molecule is O=C(c1ccc([N+](=O)[O-])cc1)N1C2CCCC21. The third kappa shape index (κ3) is 1.58. The molecule has 0 bridgehead atoms. The fourth-order valence-corrected chi connectivity index (χ4v) is 2.71. The summed E-state index contributed by atoms with van der Waals surface area (Å²) in [4.78, 5) is 24.0. The van der Waals surface area contributed by atoms with E-state index in [1.54, 1.807) is 0 Å². The van der Waals surface area contributed by atoms with Crippen LogP contribution in [-0.4, -0.2) is 27.8 Å². The standard InChI is InChI=1S/C12H12N2O3/c15-12(13-10-2-1-3-11(10)13)8-4-6-9(7-5-8)14(16)17/h4-7,10-11H,1-3H2. The van der Waals surface area contributed by atoms with E-state index in [-0.39, 0.29) is 11.6 Å². The van der Waals surface area contributed by atoms with E-state index < -0.39 is 4.92 Å². The van der Waals surface area contributed by atoms with E-state index >= 15 is 0 Å². The van der Waals surface area contributed by atoms with Crippen molar-refractivity contribution < 1.29 is 9.72 Å². The molecule has 88 valence electrons. The average Bonchev–Trinajstić information content (AvgIpc) is 2.81. The number of hydrogen-bond acceptors (Lipinski definition) is 3. The van der Waals surface area contributed by atoms with Gasteiger partial charge in [-0.3, -0.25) is 14.9 Å². The van der Waals surface area contributed by atoms with Crippen LogP contribution in [0.25, 0.3) is 0 Å². The van der Waals surface area contributed by atoms with Crippen LogP contribution in [-0.2, 0) is 0 Å².